The molecule has 0 radical (unpaired) electrons. The van der Waals surface area contributed by atoms with Crippen LogP contribution >= 0.6 is 0 Å². The monoisotopic (exact) mass is 272 g/mol. The van der Waals surface area contributed by atoms with E-state index in [1.54, 1.807) is 0 Å². The molecule has 0 amide bonds. The van der Waals surface area contributed by atoms with E-state index in [2.05, 4.69) is 10.2 Å². The topological polar surface area (TPSA) is 50.8 Å². The van der Waals surface area contributed by atoms with Gasteiger partial charge in [0.2, 0.25) is 0 Å². The number of carbonyl (C=O) groups is 1. The summed E-state index contributed by atoms with van der Waals surface area (Å²) >= 11 is 0. The van der Waals surface area contributed by atoms with Gasteiger partial charge in [-0.3, -0.25) is 9.69 Å². The largest absolute Gasteiger partial charge is 0.460 e. The third-order valence-electron chi connectivity index (χ3n) is 2.97. The fraction of sp³-hybridized carbons (Fsp3) is 0.929. The molecule has 0 aromatic heterocycles. The van der Waals surface area contributed by atoms with Crippen LogP contribution in [-0.2, 0) is 14.3 Å². The van der Waals surface area contributed by atoms with Gasteiger partial charge in [0.25, 0.3) is 0 Å². The van der Waals surface area contributed by atoms with Gasteiger partial charge in [0.15, 0.2) is 0 Å². The summed E-state index contributed by atoms with van der Waals surface area (Å²) in [5.74, 6) is -0.240. The van der Waals surface area contributed by atoms with Crippen LogP contribution in [-0.4, -0.2) is 62.4 Å². The quantitative estimate of drug-likeness (QED) is 0.575. The lowest BCUT2D eigenvalue weighted by atomic mass is 10.1. The van der Waals surface area contributed by atoms with Crippen LogP contribution in [0, 0.1) is 5.92 Å². The van der Waals surface area contributed by atoms with E-state index < -0.39 is 5.60 Å². The van der Waals surface area contributed by atoms with Gasteiger partial charge in [-0.2, -0.15) is 0 Å². The third kappa shape index (κ3) is 7.50. The number of esters is 1. The van der Waals surface area contributed by atoms with Crippen LogP contribution in [0.15, 0.2) is 0 Å². The number of carbonyl (C=O) groups excluding carboxylic acids is 1. The lowest BCUT2D eigenvalue weighted by Gasteiger charge is -2.27. The molecule has 0 unspecified atom stereocenters. The number of ether oxygens (including phenoxy) is 2. The normalized spacial score (nSPS) is 19.2. The van der Waals surface area contributed by atoms with Crippen molar-refractivity contribution in [1.29, 1.82) is 0 Å². The summed E-state index contributed by atoms with van der Waals surface area (Å²) in [6.45, 7) is 13.8. The minimum absolute atomic E-state index is 0.107. The van der Waals surface area contributed by atoms with E-state index in [4.69, 9.17) is 9.47 Å². The maximum atomic E-state index is 11.8. The highest BCUT2D eigenvalue weighted by atomic mass is 16.6. The van der Waals surface area contributed by atoms with Gasteiger partial charge < -0.3 is 14.8 Å². The molecule has 1 aliphatic heterocycles. The second-order valence-corrected chi connectivity index (χ2v) is 6.09. The lowest BCUT2D eigenvalue weighted by molar-refractivity contribution is -0.159. The molecule has 1 aliphatic rings. The lowest BCUT2D eigenvalue weighted by Crippen LogP contribution is -2.41. The van der Waals surface area contributed by atoms with Crippen LogP contribution in [0.5, 0.6) is 0 Å². The first kappa shape index (κ1) is 16.4. The van der Waals surface area contributed by atoms with Crippen molar-refractivity contribution in [2.24, 2.45) is 5.92 Å². The standard InChI is InChI=1S/C14H28N2O3/c1-12(13(17)19-14(2,3)4)11-15-5-6-16-7-9-18-10-8-16/h12,15H,5-11H2,1-4H3/t12-/m1/s1. The number of rotatable bonds is 6. The van der Waals surface area contributed by atoms with E-state index in [0.29, 0.717) is 6.54 Å². The molecule has 0 aromatic rings. The van der Waals surface area contributed by atoms with Gasteiger partial charge >= 0.3 is 5.97 Å². The van der Waals surface area contributed by atoms with Crippen molar-refractivity contribution in [2.75, 3.05) is 45.9 Å². The van der Waals surface area contributed by atoms with Crippen LogP contribution in [0.25, 0.3) is 0 Å². The Morgan fingerprint density at radius 2 is 2.00 bits per heavy atom. The first-order valence-corrected chi connectivity index (χ1v) is 7.12. The summed E-state index contributed by atoms with van der Waals surface area (Å²) in [6, 6.07) is 0. The Hall–Kier alpha value is -0.650. The van der Waals surface area contributed by atoms with Gasteiger partial charge in [-0.25, -0.2) is 0 Å². The third-order valence-corrected chi connectivity index (χ3v) is 2.97. The van der Waals surface area contributed by atoms with E-state index in [-0.39, 0.29) is 11.9 Å². The Balaban J connectivity index is 2.09. The van der Waals surface area contributed by atoms with Gasteiger partial charge in [0.05, 0.1) is 19.1 Å². The molecule has 1 saturated heterocycles. The van der Waals surface area contributed by atoms with E-state index >= 15 is 0 Å². The summed E-state index contributed by atoms with van der Waals surface area (Å²) in [7, 11) is 0. The van der Waals surface area contributed by atoms with E-state index in [9.17, 15) is 4.79 Å². The van der Waals surface area contributed by atoms with E-state index in [0.717, 1.165) is 39.4 Å². The Morgan fingerprint density at radius 3 is 2.58 bits per heavy atom. The van der Waals surface area contributed by atoms with Crippen molar-refractivity contribution in [2.45, 2.75) is 33.3 Å². The Kier molecular flexibility index (Phi) is 6.75. The highest BCUT2D eigenvalue weighted by Crippen LogP contribution is 2.10. The summed E-state index contributed by atoms with van der Waals surface area (Å²) in [5.41, 5.74) is -0.404. The zero-order chi connectivity index (χ0) is 14.3. The fourth-order valence-electron chi connectivity index (χ4n) is 1.87. The van der Waals surface area contributed by atoms with Gasteiger partial charge in [-0.05, 0) is 20.8 Å². The van der Waals surface area contributed by atoms with Crippen LogP contribution < -0.4 is 5.32 Å². The molecular formula is C14H28N2O3. The minimum atomic E-state index is -0.404. The molecule has 1 N–H and O–H groups in total. The zero-order valence-corrected chi connectivity index (χ0v) is 12.7. The van der Waals surface area contributed by atoms with Gasteiger partial charge in [0, 0.05) is 32.7 Å². The maximum Gasteiger partial charge on any atom is 0.310 e. The van der Waals surface area contributed by atoms with Crippen LogP contribution in [0.4, 0.5) is 0 Å². The van der Waals surface area contributed by atoms with Crippen molar-refractivity contribution >= 4 is 5.97 Å². The molecular weight excluding hydrogens is 244 g/mol. The summed E-state index contributed by atoms with van der Waals surface area (Å²) in [6.07, 6.45) is 0. The van der Waals surface area contributed by atoms with Crippen LogP contribution in [0.1, 0.15) is 27.7 Å². The van der Waals surface area contributed by atoms with Gasteiger partial charge in [0.1, 0.15) is 5.60 Å². The van der Waals surface area contributed by atoms with Crippen LogP contribution in [0.2, 0.25) is 0 Å². The summed E-state index contributed by atoms with van der Waals surface area (Å²) in [4.78, 5) is 14.1. The first-order valence-electron chi connectivity index (χ1n) is 7.12. The summed E-state index contributed by atoms with van der Waals surface area (Å²) in [5, 5.41) is 3.32. The smallest absolute Gasteiger partial charge is 0.310 e. The Morgan fingerprint density at radius 1 is 1.37 bits per heavy atom. The SMILES string of the molecule is C[C@H](CNCCN1CCOCC1)C(=O)OC(C)(C)C. The van der Waals surface area contributed by atoms with Gasteiger partial charge in [-0.1, -0.05) is 6.92 Å². The van der Waals surface area contributed by atoms with Gasteiger partial charge in [-0.15, -0.1) is 0 Å². The Bertz CT molecular complexity index is 270. The van der Waals surface area contributed by atoms with Crippen molar-refractivity contribution < 1.29 is 14.3 Å². The molecule has 5 nitrogen and oxygen atoms in total. The van der Waals surface area contributed by atoms with Crippen molar-refractivity contribution in [3.63, 3.8) is 0 Å². The minimum Gasteiger partial charge on any atom is -0.460 e. The fourth-order valence-corrected chi connectivity index (χ4v) is 1.87. The second-order valence-electron chi connectivity index (χ2n) is 6.09. The van der Waals surface area contributed by atoms with Crippen molar-refractivity contribution in [1.82, 2.24) is 10.2 Å². The molecule has 1 rings (SSSR count). The molecule has 0 bridgehead atoms. The highest BCUT2D eigenvalue weighted by molar-refractivity contribution is 5.72. The highest BCUT2D eigenvalue weighted by Gasteiger charge is 2.21. The predicted molar refractivity (Wildman–Crippen MR) is 75.1 cm³/mol. The Labute approximate surface area is 116 Å². The summed E-state index contributed by atoms with van der Waals surface area (Å²) < 4.78 is 10.6. The maximum absolute atomic E-state index is 11.8. The number of hydrogen-bond acceptors (Lipinski definition) is 5. The van der Waals surface area contributed by atoms with Crippen molar-refractivity contribution in [3.8, 4) is 0 Å². The number of nitrogens with one attached hydrogen (secondary N) is 1. The molecule has 0 aliphatic carbocycles. The molecule has 0 spiro atoms. The number of hydrogen-bond donors (Lipinski definition) is 1. The molecule has 0 saturated carbocycles. The molecule has 112 valence electrons. The molecule has 1 fully saturated rings. The molecule has 0 aromatic carbocycles. The van der Waals surface area contributed by atoms with E-state index in [1.807, 2.05) is 27.7 Å². The average Bonchev–Trinajstić information content (AvgIpc) is 2.33. The first-order chi connectivity index (χ1) is 8.88. The van der Waals surface area contributed by atoms with Crippen molar-refractivity contribution in [3.05, 3.63) is 0 Å². The number of morpholine rings is 1. The molecule has 1 atom stereocenters. The second kappa shape index (κ2) is 7.82. The molecule has 1 heterocycles. The average molecular weight is 272 g/mol. The van der Waals surface area contributed by atoms with E-state index in [1.165, 1.54) is 0 Å². The van der Waals surface area contributed by atoms with Crippen LogP contribution in [0.3, 0.4) is 0 Å². The predicted octanol–water partition coefficient (Wildman–Crippen LogP) is 0.886. The zero-order valence-electron chi connectivity index (χ0n) is 12.7. The number of nitrogens with zero attached hydrogens (tertiary/aromatic N) is 1. The molecule has 19 heavy (non-hydrogen) atoms. The molecule has 5 heteroatoms.